The van der Waals surface area contributed by atoms with E-state index in [1.807, 2.05) is 24.1 Å². The van der Waals surface area contributed by atoms with Crippen LogP contribution in [0.3, 0.4) is 0 Å². The van der Waals surface area contributed by atoms with Crippen LogP contribution in [0.4, 0.5) is 5.00 Å². The number of hydrogen-bond donors (Lipinski definition) is 0. The summed E-state index contributed by atoms with van der Waals surface area (Å²) in [5.74, 6) is 0.415. The number of ether oxygens (including phenoxy) is 1. The second-order valence-corrected chi connectivity index (χ2v) is 6.31. The molecule has 0 aliphatic carbocycles. The van der Waals surface area contributed by atoms with Gasteiger partial charge in [-0.2, -0.15) is 0 Å². The Kier molecular flexibility index (Phi) is 4.49. The third-order valence-electron chi connectivity index (χ3n) is 3.99. The van der Waals surface area contributed by atoms with E-state index in [1.165, 1.54) is 18.4 Å². The van der Waals surface area contributed by atoms with E-state index in [1.54, 1.807) is 22.6 Å². The Balaban J connectivity index is 1.74. The lowest BCUT2D eigenvalue weighted by Gasteiger charge is -2.22. The number of anilines is 1. The number of carbonyl (C=O) groups is 2. The minimum atomic E-state index is -0.415. The molecule has 0 radical (unpaired) electrons. The molecule has 3 heterocycles. The van der Waals surface area contributed by atoms with E-state index in [2.05, 4.69) is 0 Å². The van der Waals surface area contributed by atoms with Crippen LogP contribution in [0.25, 0.3) is 0 Å². The molecule has 1 saturated heterocycles. The fraction of sp³-hybridized carbons (Fsp3) is 0.375. The second kappa shape index (κ2) is 6.55. The summed E-state index contributed by atoms with van der Waals surface area (Å²) in [4.78, 5) is 28.2. The van der Waals surface area contributed by atoms with E-state index in [-0.39, 0.29) is 11.9 Å². The highest BCUT2D eigenvalue weighted by Crippen LogP contribution is 2.33. The lowest BCUT2D eigenvalue weighted by atomic mass is 10.2. The predicted octanol–water partition coefficient (Wildman–Crippen LogP) is 2.37. The van der Waals surface area contributed by atoms with Crippen LogP contribution in [0.1, 0.15) is 22.5 Å². The van der Waals surface area contributed by atoms with Crippen LogP contribution >= 0.6 is 11.3 Å². The molecule has 122 valence electrons. The zero-order valence-corrected chi connectivity index (χ0v) is 13.8. The molecule has 2 aromatic heterocycles. The summed E-state index contributed by atoms with van der Waals surface area (Å²) < 4.78 is 10.1. The van der Waals surface area contributed by atoms with Gasteiger partial charge in [0.05, 0.1) is 31.5 Å². The lowest BCUT2D eigenvalue weighted by Crippen LogP contribution is -2.39. The molecule has 1 amide bonds. The first-order valence-corrected chi connectivity index (χ1v) is 8.19. The number of thiophene rings is 1. The average Bonchev–Trinajstić information content (AvgIpc) is 3.26. The number of esters is 1. The minimum Gasteiger partial charge on any atom is -0.468 e. The fourth-order valence-electron chi connectivity index (χ4n) is 2.81. The molecule has 0 unspecified atom stereocenters. The lowest BCUT2D eigenvalue weighted by molar-refractivity contribution is -0.121. The van der Waals surface area contributed by atoms with E-state index in [0.29, 0.717) is 30.1 Å². The van der Waals surface area contributed by atoms with E-state index < -0.39 is 5.97 Å². The van der Waals surface area contributed by atoms with Gasteiger partial charge < -0.3 is 14.1 Å². The molecule has 0 aromatic carbocycles. The number of hydrogen-bond acceptors (Lipinski definition) is 6. The van der Waals surface area contributed by atoms with Gasteiger partial charge in [-0.05, 0) is 37.0 Å². The van der Waals surface area contributed by atoms with Gasteiger partial charge in [0, 0.05) is 6.54 Å². The van der Waals surface area contributed by atoms with Crippen LogP contribution in [0, 0.1) is 0 Å². The number of rotatable bonds is 5. The molecule has 7 heteroatoms. The summed E-state index contributed by atoms with van der Waals surface area (Å²) in [6.07, 6.45) is 2.34. The van der Waals surface area contributed by atoms with Gasteiger partial charge in [0.15, 0.2) is 0 Å². The van der Waals surface area contributed by atoms with Gasteiger partial charge in [0.1, 0.15) is 10.8 Å². The molecule has 0 saturated carbocycles. The van der Waals surface area contributed by atoms with Crippen LogP contribution in [0.5, 0.6) is 0 Å². The summed E-state index contributed by atoms with van der Waals surface area (Å²) in [7, 11) is 3.25. The van der Waals surface area contributed by atoms with Crippen molar-refractivity contribution in [1.82, 2.24) is 4.90 Å². The normalized spacial score (nSPS) is 18.0. The molecular weight excluding hydrogens is 316 g/mol. The highest BCUT2D eigenvalue weighted by atomic mass is 32.1. The van der Waals surface area contributed by atoms with Crippen LogP contribution < -0.4 is 4.90 Å². The number of amides is 1. The summed E-state index contributed by atoms with van der Waals surface area (Å²) >= 11 is 1.38. The van der Waals surface area contributed by atoms with Crippen molar-refractivity contribution in [2.24, 2.45) is 0 Å². The Labute approximate surface area is 138 Å². The van der Waals surface area contributed by atoms with Crippen LogP contribution in [-0.2, 0) is 16.1 Å². The summed E-state index contributed by atoms with van der Waals surface area (Å²) in [5.41, 5.74) is 0.445. The van der Waals surface area contributed by atoms with Gasteiger partial charge in [0.2, 0.25) is 5.91 Å². The summed E-state index contributed by atoms with van der Waals surface area (Å²) in [6, 6.07) is 5.20. The standard InChI is InChI=1S/C16H18N2O4S/c1-17(10-11-4-3-8-22-11)13-5-7-18(14(13)19)15-12(6-9-23-15)16(20)21-2/h3-4,6,8-9,13H,5,7,10H2,1-2H3/t13-/m1/s1. The van der Waals surface area contributed by atoms with Crippen LogP contribution in [-0.4, -0.2) is 43.5 Å². The number of carbonyl (C=O) groups excluding carboxylic acids is 2. The maximum atomic E-state index is 12.7. The average molecular weight is 334 g/mol. The van der Waals surface area contributed by atoms with E-state index in [9.17, 15) is 9.59 Å². The quantitative estimate of drug-likeness (QED) is 0.786. The van der Waals surface area contributed by atoms with Crippen molar-refractivity contribution in [1.29, 1.82) is 0 Å². The number of furan rings is 1. The molecule has 3 rings (SSSR count). The molecular formula is C16H18N2O4S. The molecule has 0 spiro atoms. The highest BCUT2D eigenvalue weighted by molar-refractivity contribution is 7.14. The zero-order chi connectivity index (χ0) is 16.4. The highest BCUT2D eigenvalue weighted by Gasteiger charge is 2.37. The van der Waals surface area contributed by atoms with Gasteiger partial charge >= 0.3 is 5.97 Å². The molecule has 1 atom stereocenters. The first-order chi connectivity index (χ1) is 11.1. The third kappa shape index (κ3) is 3.02. The molecule has 6 nitrogen and oxygen atoms in total. The zero-order valence-electron chi connectivity index (χ0n) is 13.0. The smallest absolute Gasteiger partial charge is 0.340 e. The van der Waals surface area contributed by atoms with Crippen LogP contribution in [0.15, 0.2) is 34.3 Å². The second-order valence-electron chi connectivity index (χ2n) is 5.42. The van der Waals surface area contributed by atoms with Crippen molar-refractivity contribution < 1.29 is 18.7 Å². The van der Waals surface area contributed by atoms with Crippen molar-refractivity contribution >= 4 is 28.2 Å². The summed E-state index contributed by atoms with van der Waals surface area (Å²) in [5, 5.41) is 2.46. The van der Waals surface area contributed by atoms with E-state index in [0.717, 1.165) is 5.76 Å². The molecule has 2 aromatic rings. The topological polar surface area (TPSA) is 63.0 Å². The van der Waals surface area contributed by atoms with Crippen molar-refractivity contribution in [2.75, 3.05) is 25.6 Å². The van der Waals surface area contributed by atoms with Gasteiger partial charge in [-0.25, -0.2) is 4.79 Å². The molecule has 23 heavy (non-hydrogen) atoms. The number of methoxy groups -OCH3 is 1. The maximum Gasteiger partial charge on any atom is 0.340 e. The monoisotopic (exact) mass is 334 g/mol. The maximum absolute atomic E-state index is 12.7. The number of nitrogens with zero attached hydrogens (tertiary/aromatic N) is 2. The minimum absolute atomic E-state index is 0.00617. The molecule has 1 aliphatic rings. The Hall–Kier alpha value is -2.12. The molecule has 1 aliphatic heterocycles. The molecule has 0 bridgehead atoms. The largest absolute Gasteiger partial charge is 0.468 e. The SMILES string of the molecule is COC(=O)c1ccsc1N1CC[C@@H](N(C)Cc2ccco2)C1=O. The number of likely N-dealkylation sites (N-methyl/N-ethyl adjacent to an activating group) is 1. The predicted molar refractivity (Wildman–Crippen MR) is 86.6 cm³/mol. The van der Waals surface area contributed by atoms with Crippen molar-refractivity contribution in [3.8, 4) is 0 Å². The van der Waals surface area contributed by atoms with E-state index in [4.69, 9.17) is 9.15 Å². The van der Waals surface area contributed by atoms with Gasteiger partial charge in [-0.3, -0.25) is 9.69 Å². The van der Waals surface area contributed by atoms with Crippen LogP contribution in [0.2, 0.25) is 0 Å². The van der Waals surface area contributed by atoms with Crippen molar-refractivity contribution in [2.45, 2.75) is 19.0 Å². The third-order valence-corrected chi connectivity index (χ3v) is 4.93. The van der Waals surface area contributed by atoms with Crippen molar-refractivity contribution in [3.05, 3.63) is 41.2 Å². The van der Waals surface area contributed by atoms with Gasteiger partial charge in [-0.1, -0.05) is 0 Å². The van der Waals surface area contributed by atoms with Gasteiger partial charge in [-0.15, -0.1) is 11.3 Å². The Bertz CT molecular complexity index is 695. The summed E-state index contributed by atoms with van der Waals surface area (Å²) in [6.45, 7) is 1.17. The van der Waals surface area contributed by atoms with Crippen molar-refractivity contribution in [3.63, 3.8) is 0 Å². The Morgan fingerprint density at radius 3 is 3.04 bits per heavy atom. The Morgan fingerprint density at radius 2 is 2.35 bits per heavy atom. The molecule has 0 N–H and O–H groups in total. The Morgan fingerprint density at radius 1 is 1.52 bits per heavy atom. The molecule has 1 fully saturated rings. The van der Waals surface area contributed by atoms with Gasteiger partial charge in [0.25, 0.3) is 0 Å². The first-order valence-electron chi connectivity index (χ1n) is 7.31. The first kappa shape index (κ1) is 15.8. The van der Waals surface area contributed by atoms with E-state index >= 15 is 0 Å². The fourth-order valence-corrected chi connectivity index (χ4v) is 3.73.